The van der Waals surface area contributed by atoms with Crippen molar-refractivity contribution in [3.05, 3.63) is 11.3 Å². The fourth-order valence-electron chi connectivity index (χ4n) is 8.06. The van der Waals surface area contributed by atoms with Crippen molar-refractivity contribution in [3.8, 4) is 0 Å². The van der Waals surface area contributed by atoms with Crippen molar-refractivity contribution >= 4 is 37.3 Å². The summed E-state index contributed by atoms with van der Waals surface area (Å²) in [7, 11) is -1.51. The highest BCUT2D eigenvalue weighted by molar-refractivity contribution is 7.71. The molecule has 11 heteroatoms. The minimum absolute atomic E-state index is 0.0739. The first-order valence-electron chi connectivity index (χ1n) is 13.8. The molecule has 0 spiro atoms. The molecule has 0 aromatic rings. The van der Waals surface area contributed by atoms with Gasteiger partial charge in [-0.2, -0.15) is 4.79 Å². The average Bonchev–Trinajstić information content (AvgIpc) is 2.83. The third kappa shape index (κ3) is 4.12. The standard InChI is InChI=1S/C29H42O10P/c1-10-17-11-19-28(13-36-19,39-16(4)31)22-24(38-25(34)40(8)9)29(35)12-18(32)14(2)20(26(29,5)6)21(37-15(3)30)23(33)27(17,22)7/h14,17-19,22,24,32,35H,8,10-13H2,1-7,9H3/q+1/b21-20+. The number of aliphatic hydroxyl groups excluding tert-OH is 1. The van der Waals surface area contributed by atoms with Crippen molar-refractivity contribution in [2.75, 3.05) is 13.3 Å². The van der Waals surface area contributed by atoms with Crippen LogP contribution >= 0.6 is 7.55 Å². The van der Waals surface area contributed by atoms with E-state index in [1.54, 1.807) is 34.4 Å². The van der Waals surface area contributed by atoms with Crippen LogP contribution in [0.3, 0.4) is 0 Å². The summed E-state index contributed by atoms with van der Waals surface area (Å²) in [5.74, 6) is -4.19. The van der Waals surface area contributed by atoms with Crippen LogP contribution in [0.1, 0.15) is 67.7 Å². The number of hydrogen-bond acceptors (Lipinski definition) is 10. The number of aliphatic hydroxyl groups is 2. The summed E-state index contributed by atoms with van der Waals surface area (Å²) in [4.78, 5) is 53.2. The maximum Gasteiger partial charge on any atom is 0.510 e. The smallest absolute Gasteiger partial charge is 0.454 e. The highest BCUT2D eigenvalue weighted by Crippen LogP contribution is 2.66. The number of ether oxygens (including phenoxy) is 4. The van der Waals surface area contributed by atoms with Crippen LogP contribution in [0.15, 0.2) is 11.3 Å². The Labute approximate surface area is 236 Å². The first kappa shape index (κ1) is 30.8. The van der Waals surface area contributed by atoms with Crippen molar-refractivity contribution in [2.45, 2.75) is 97.2 Å². The van der Waals surface area contributed by atoms with Crippen molar-refractivity contribution < 1.29 is 48.3 Å². The Morgan fingerprint density at radius 3 is 2.27 bits per heavy atom. The number of carbonyl (C=O) groups excluding carboxylic acids is 4. The molecule has 222 valence electrons. The number of rotatable bonds is 5. The van der Waals surface area contributed by atoms with E-state index in [1.807, 2.05) is 6.92 Å². The number of fused-ring (bicyclic) bond motifs is 5. The Kier molecular flexibility index (Phi) is 7.71. The number of hydrogen-bond donors (Lipinski definition) is 2. The molecule has 0 amide bonds. The third-order valence-electron chi connectivity index (χ3n) is 10.2. The second-order valence-electron chi connectivity index (χ2n) is 12.7. The van der Waals surface area contributed by atoms with Crippen LogP contribution in [0.5, 0.6) is 0 Å². The van der Waals surface area contributed by atoms with E-state index in [0.29, 0.717) is 12.8 Å². The summed E-state index contributed by atoms with van der Waals surface area (Å²) in [5.41, 5.74) is -6.49. The van der Waals surface area contributed by atoms with E-state index in [2.05, 4.69) is 6.30 Å². The molecule has 3 aliphatic carbocycles. The lowest BCUT2D eigenvalue weighted by Gasteiger charge is -2.67. The molecule has 10 atom stereocenters. The molecule has 2 saturated carbocycles. The molecule has 0 aromatic carbocycles. The lowest BCUT2D eigenvalue weighted by atomic mass is 9.43. The minimum atomic E-state index is -1.96. The largest absolute Gasteiger partial charge is 0.510 e. The fourth-order valence-corrected chi connectivity index (χ4v) is 8.36. The zero-order chi connectivity index (χ0) is 30.2. The number of Topliss-reactive ketones (excluding diaryl/α,β-unsaturated/α-hetero) is 1. The van der Waals surface area contributed by atoms with E-state index < -0.39 is 83.2 Å². The molecule has 10 unspecified atom stereocenters. The second kappa shape index (κ2) is 10.0. The first-order chi connectivity index (χ1) is 18.4. The highest BCUT2D eigenvalue weighted by Gasteiger charge is 2.77. The van der Waals surface area contributed by atoms with Crippen LogP contribution < -0.4 is 0 Å². The Hall–Kier alpha value is -2.13. The van der Waals surface area contributed by atoms with Crippen molar-refractivity contribution in [3.63, 3.8) is 0 Å². The third-order valence-corrected chi connectivity index (χ3v) is 10.9. The van der Waals surface area contributed by atoms with Crippen LogP contribution in [0.4, 0.5) is 4.79 Å². The van der Waals surface area contributed by atoms with Gasteiger partial charge in [0.15, 0.2) is 11.4 Å². The van der Waals surface area contributed by atoms with E-state index in [4.69, 9.17) is 18.9 Å². The van der Waals surface area contributed by atoms with Crippen LogP contribution in [-0.4, -0.2) is 82.7 Å². The van der Waals surface area contributed by atoms with Gasteiger partial charge in [0.1, 0.15) is 24.5 Å². The predicted molar refractivity (Wildman–Crippen MR) is 147 cm³/mol. The first-order valence-corrected chi connectivity index (χ1v) is 15.8. The molecule has 4 aliphatic rings. The maximum absolute atomic E-state index is 14.9. The molecular formula is C29H42O10P+. The van der Waals surface area contributed by atoms with Crippen LogP contribution in [-0.2, 0) is 33.3 Å². The van der Waals surface area contributed by atoms with Gasteiger partial charge in [0, 0.05) is 37.0 Å². The summed E-state index contributed by atoms with van der Waals surface area (Å²) >= 11 is 0. The molecular weight excluding hydrogens is 539 g/mol. The average molecular weight is 582 g/mol. The Morgan fingerprint density at radius 2 is 1.80 bits per heavy atom. The molecule has 2 N–H and O–H groups in total. The molecule has 3 fully saturated rings. The van der Waals surface area contributed by atoms with Gasteiger partial charge >= 0.3 is 17.6 Å². The number of esters is 2. The van der Waals surface area contributed by atoms with E-state index in [-0.39, 0.29) is 30.3 Å². The summed E-state index contributed by atoms with van der Waals surface area (Å²) in [6.07, 6.45) is 1.35. The number of carbonyl (C=O) groups is 4. The number of ketones is 1. The Bertz CT molecular complexity index is 1190. The van der Waals surface area contributed by atoms with Gasteiger partial charge < -0.3 is 29.2 Å². The van der Waals surface area contributed by atoms with Gasteiger partial charge in [-0.3, -0.25) is 14.4 Å². The molecule has 10 nitrogen and oxygen atoms in total. The lowest BCUT2D eigenvalue weighted by molar-refractivity contribution is -0.340. The fraction of sp³-hybridized carbons (Fsp3) is 0.759. The van der Waals surface area contributed by atoms with Crippen LogP contribution in [0.2, 0.25) is 0 Å². The molecule has 1 saturated heterocycles. The van der Waals surface area contributed by atoms with Gasteiger partial charge in [-0.15, -0.1) is 0 Å². The monoisotopic (exact) mass is 581 g/mol. The van der Waals surface area contributed by atoms with Gasteiger partial charge in [-0.05, 0) is 17.9 Å². The summed E-state index contributed by atoms with van der Waals surface area (Å²) in [5, 5.41) is 24.1. The summed E-state index contributed by atoms with van der Waals surface area (Å²) in [6, 6.07) is 0. The van der Waals surface area contributed by atoms with Crippen LogP contribution in [0, 0.1) is 28.6 Å². The summed E-state index contributed by atoms with van der Waals surface area (Å²) in [6.45, 7) is 12.7. The molecule has 1 aliphatic heterocycles. The minimum Gasteiger partial charge on any atom is -0.454 e. The van der Waals surface area contributed by atoms with Gasteiger partial charge in [0.25, 0.3) is 0 Å². The number of allylic oxidation sites excluding steroid dienone is 1. The molecule has 4 rings (SSSR count). The molecule has 40 heavy (non-hydrogen) atoms. The Morgan fingerprint density at radius 1 is 1.18 bits per heavy atom. The predicted octanol–water partition coefficient (Wildman–Crippen LogP) is 3.35. The van der Waals surface area contributed by atoms with E-state index >= 15 is 0 Å². The zero-order valence-corrected chi connectivity index (χ0v) is 25.5. The summed E-state index contributed by atoms with van der Waals surface area (Å²) < 4.78 is 23.8. The zero-order valence-electron chi connectivity index (χ0n) is 24.6. The van der Waals surface area contributed by atoms with Crippen LogP contribution in [0.25, 0.3) is 0 Å². The van der Waals surface area contributed by atoms with Crippen molar-refractivity contribution in [2.24, 2.45) is 28.6 Å². The van der Waals surface area contributed by atoms with E-state index in [1.165, 1.54) is 13.8 Å². The maximum atomic E-state index is 14.9. The quantitative estimate of drug-likeness (QED) is 0.282. The van der Waals surface area contributed by atoms with Crippen molar-refractivity contribution in [1.82, 2.24) is 0 Å². The lowest BCUT2D eigenvalue weighted by Crippen LogP contribution is -2.80. The normalized spacial score (nSPS) is 44.0. The van der Waals surface area contributed by atoms with Gasteiger partial charge in [-0.25, -0.2) is 0 Å². The van der Waals surface area contributed by atoms with Crippen molar-refractivity contribution in [1.29, 1.82) is 0 Å². The van der Waals surface area contributed by atoms with Gasteiger partial charge in [-0.1, -0.05) is 41.0 Å². The van der Waals surface area contributed by atoms with E-state index in [0.717, 1.165) is 0 Å². The van der Waals surface area contributed by atoms with Gasteiger partial charge in [0.2, 0.25) is 13.3 Å². The molecule has 1 heterocycles. The molecule has 2 bridgehead atoms. The topological polar surface area (TPSA) is 146 Å². The second-order valence-corrected chi connectivity index (χ2v) is 14.5. The van der Waals surface area contributed by atoms with E-state index in [9.17, 15) is 29.4 Å². The molecule has 0 radical (unpaired) electrons. The highest BCUT2D eigenvalue weighted by atomic mass is 31.1. The Balaban J connectivity index is 2.17. The SMILES string of the molecule is C=[P+](C)C(=O)OC1C2C3(OC(C)=O)COC3CC(CC)C2(C)C(=O)/C(OC(C)=O)=C2/C(C)C(O)CC1(O)C2(C)C. The molecule has 0 aromatic heterocycles. The van der Waals surface area contributed by atoms with Gasteiger partial charge in [0.05, 0.1) is 24.9 Å².